The number of hydrogen-bond donors (Lipinski definition) is 0. The zero-order valence-electron chi connectivity index (χ0n) is 11.8. The molecule has 0 saturated heterocycles. The first kappa shape index (κ1) is 13.3. The number of carbonyl (C=O) groups is 2. The Kier molecular flexibility index (Phi) is 3.18. The number of rotatable bonds is 3. The molecule has 0 bridgehead atoms. The summed E-state index contributed by atoms with van der Waals surface area (Å²) in [5, 5.41) is 0. The summed E-state index contributed by atoms with van der Waals surface area (Å²) in [6.07, 6.45) is 1.76. The van der Waals surface area contributed by atoms with Gasteiger partial charge in [-0.25, -0.2) is 0 Å². The normalized spacial score (nSPS) is 13.5. The number of fused-ring (bicyclic) bond motifs is 1. The molecule has 3 heteroatoms. The van der Waals surface area contributed by atoms with Gasteiger partial charge in [0.05, 0.1) is 17.7 Å². The number of benzene rings is 2. The molecule has 0 saturated carbocycles. The number of imide groups is 1. The quantitative estimate of drug-likeness (QED) is 0.806. The second-order valence-corrected chi connectivity index (χ2v) is 5.14. The van der Waals surface area contributed by atoms with Gasteiger partial charge in [-0.15, -0.1) is 0 Å². The van der Waals surface area contributed by atoms with E-state index in [1.54, 1.807) is 12.1 Å². The highest BCUT2D eigenvalue weighted by molar-refractivity contribution is 6.21. The molecule has 1 aliphatic heterocycles. The summed E-state index contributed by atoms with van der Waals surface area (Å²) in [7, 11) is 0. The lowest BCUT2D eigenvalue weighted by Gasteiger charge is -2.14. The molecule has 0 spiro atoms. The summed E-state index contributed by atoms with van der Waals surface area (Å²) in [6.45, 7) is 5.85. The lowest BCUT2D eigenvalue weighted by molar-refractivity contribution is 0.0642. The highest BCUT2D eigenvalue weighted by Crippen LogP contribution is 2.27. The minimum Gasteiger partial charge on any atom is -0.270 e. The predicted molar refractivity (Wildman–Crippen MR) is 81.9 cm³/mol. The fourth-order valence-electron chi connectivity index (χ4n) is 2.59. The van der Waals surface area contributed by atoms with Gasteiger partial charge in [-0.3, -0.25) is 14.5 Å². The monoisotopic (exact) mass is 277 g/mol. The number of carbonyl (C=O) groups excluding carboxylic acids is 2. The number of amides is 2. The van der Waals surface area contributed by atoms with Crippen molar-refractivity contribution in [2.45, 2.75) is 13.5 Å². The molecule has 0 aromatic heterocycles. The van der Waals surface area contributed by atoms with E-state index in [9.17, 15) is 9.59 Å². The van der Waals surface area contributed by atoms with Crippen molar-refractivity contribution in [3.8, 4) is 0 Å². The van der Waals surface area contributed by atoms with Gasteiger partial charge in [-0.05, 0) is 29.7 Å². The van der Waals surface area contributed by atoms with Gasteiger partial charge in [-0.1, -0.05) is 49.1 Å². The molecular weight excluding hydrogens is 262 g/mol. The van der Waals surface area contributed by atoms with Crippen molar-refractivity contribution in [3.63, 3.8) is 0 Å². The van der Waals surface area contributed by atoms with E-state index in [2.05, 4.69) is 6.58 Å². The third kappa shape index (κ3) is 2.17. The fourth-order valence-corrected chi connectivity index (χ4v) is 2.59. The smallest absolute Gasteiger partial charge is 0.262 e. The van der Waals surface area contributed by atoms with Crippen molar-refractivity contribution in [3.05, 3.63) is 76.9 Å². The molecule has 0 radical (unpaired) electrons. The summed E-state index contributed by atoms with van der Waals surface area (Å²) in [4.78, 5) is 26.1. The Labute approximate surface area is 123 Å². The highest BCUT2D eigenvalue weighted by Gasteiger charge is 2.36. The van der Waals surface area contributed by atoms with Crippen LogP contribution in [0.1, 0.15) is 37.4 Å². The van der Waals surface area contributed by atoms with Gasteiger partial charge in [0.2, 0.25) is 0 Å². The molecule has 104 valence electrons. The van der Waals surface area contributed by atoms with Crippen LogP contribution < -0.4 is 0 Å². The van der Waals surface area contributed by atoms with Crippen molar-refractivity contribution in [1.82, 2.24) is 4.90 Å². The Balaban J connectivity index is 1.91. The van der Waals surface area contributed by atoms with Crippen molar-refractivity contribution in [2.24, 2.45) is 0 Å². The first-order valence-electron chi connectivity index (χ1n) is 6.79. The molecule has 3 nitrogen and oxygen atoms in total. The maximum absolute atomic E-state index is 12.4. The van der Waals surface area contributed by atoms with Crippen LogP contribution >= 0.6 is 0 Å². The average molecular weight is 277 g/mol. The summed E-state index contributed by atoms with van der Waals surface area (Å²) in [5.74, 6) is -0.424. The van der Waals surface area contributed by atoms with Crippen LogP contribution in [0.25, 0.3) is 6.08 Å². The fraction of sp³-hybridized carbons (Fsp3) is 0.111. The van der Waals surface area contributed by atoms with Crippen molar-refractivity contribution < 1.29 is 9.59 Å². The lowest BCUT2D eigenvalue weighted by Crippen LogP contribution is -2.29. The van der Waals surface area contributed by atoms with E-state index < -0.39 is 0 Å². The van der Waals surface area contributed by atoms with E-state index in [0.29, 0.717) is 17.7 Å². The first-order chi connectivity index (χ1) is 10.1. The Morgan fingerprint density at radius 3 is 2.38 bits per heavy atom. The molecule has 2 aromatic carbocycles. The summed E-state index contributed by atoms with van der Waals surface area (Å²) in [5.41, 5.74) is 3.81. The van der Waals surface area contributed by atoms with Crippen molar-refractivity contribution in [1.29, 1.82) is 0 Å². The second-order valence-electron chi connectivity index (χ2n) is 5.14. The molecule has 0 fully saturated rings. The van der Waals surface area contributed by atoms with Gasteiger partial charge < -0.3 is 0 Å². The zero-order valence-corrected chi connectivity index (χ0v) is 11.8. The lowest BCUT2D eigenvalue weighted by atomic mass is 10.0. The molecule has 0 aliphatic carbocycles. The molecule has 3 rings (SSSR count). The Morgan fingerprint density at radius 2 is 1.76 bits per heavy atom. The largest absolute Gasteiger partial charge is 0.270 e. The van der Waals surface area contributed by atoms with Gasteiger partial charge >= 0.3 is 0 Å². The number of nitrogens with zero attached hydrogens (tertiary/aromatic N) is 1. The number of hydrogen-bond acceptors (Lipinski definition) is 2. The van der Waals surface area contributed by atoms with E-state index in [-0.39, 0.29) is 11.8 Å². The van der Waals surface area contributed by atoms with Crippen LogP contribution in [0, 0.1) is 6.92 Å². The minimum absolute atomic E-state index is 0.208. The van der Waals surface area contributed by atoms with E-state index in [1.807, 2.05) is 43.3 Å². The maximum Gasteiger partial charge on any atom is 0.262 e. The predicted octanol–water partition coefficient (Wildman–Crippen LogP) is 3.43. The summed E-state index contributed by atoms with van der Waals surface area (Å²) in [6, 6.07) is 13.0. The van der Waals surface area contributed by atoms with Gasteiger partial charge in [0.15, 0.2) is 0 Å². The second kappa shape index (κ2) is 5.02. The van der Waals surface area contributed by atoms with Crippen LogP contribution in [0.3, 0.4) is 0 Å². The van der Waals surface area contributed by atoms with E-state index >= 15 is 0 Å². The van der Waals surface area contributed by atoms with Crippen LogP contribution in [0.15, 0.2) is 49.0 Å². The Bertz CT molecular complexity index is 744. The first-order valence-corrected chi connectivity index (χ1v) is 6.79. The van der Waals surface area contributed by atoms with E-state index in [4.69, 9.17) is 0 Å². The average Bonchev–Trinajstić information content (AvgIpc) is 2.74. The van der Waals surface area contributed by atoms with Crippen LogP contribution in [0.5, 0.6) is 0 Å². The molecule has 0 atom stereocenters. The topological polar surface area (TPSA) is 37.4 Å². The van der Waals surface area contributed by atoms with Crippen LogP contribution in [0.4, 0.5) is 0 Å². The molecular formula is C18H15NO2. The van der Waals surface area contributed by atoms with Crippen LogP contribution in [-0.2, 0) is 6.54 Å². The highest BCUT2D eigenvalue weighted by atomic mass is 16.2. The Hall–Kier alpha value is -2.68. The van der Waals surface area contributed by atoms with Crippen LogP contribution in [-0.4, -0.2) is 16.7 Å². The van der Waals surface area contributed by atoms with E-state index in [1.165, 1.54) is 4.90 Å². The molecule has 0 unspecified atom stereocenters. The van der Waals surface area contributed by atoms with Crippen LogP contribution in [0.2, 0.25) is 0 Å². The van der Waals surface area contributed by atoms with Gasteiger partial charge in [0.1, 0.15) is 0 Å². The molecule has 2 aromatic rings. The SMILES string of the molecule is C=Cc1ccc(CN2C(=O)c3cccc(C)c3C2=O)cc1. The maximum atomic E-state index is 12.4. The van der Waals surface area contributed by atoms with Gasteiger partial charge in [-0.2, -0.15) is 0 Å². The molecule has 2 amide bonds. The Morgan fingerprint density at radius 1 is 1.05 bits per heavy atom. The standard InChI is InChI=1S/C18H15NO2/c1-3-13-7-9-14(10-8-13)11-19-17(20)15-6-4-5-12(2)16(15)18(19)21/h3-10H,1,11H2,2H3. The molecule has 0 N–H and O–H groups in total. The number of aryl methyl sites for hydroxylation is 1. The van der Waals surface area contributed by atoms with Crippen molar-refractivity contribution in [2.75, 3.05) is 0 Å². The third-order valence-corrected chi connectivity index (χ3v) is 3.76. The summed E-state index contributed by atoms with van der Waals surface area (Å²) < 4.78 is 0. The van der Waals surface area contributed by atoms with Gasteiger partial charge in [0, 0.05) is 0 Å². The molecule has 1 heterocycles. The third-order valence-electron chi connectivity index (χ3n) is 3.76. The van der Waals surface area contributed by atoms with Gasteiger partial charge in [0.25, 0.3) is 11.8 Å². The van der Waals surface area contributed by atoms with Crippen molar-refractivity contribution >= 4 is 17.9 Å². The summed E-state index contributed by atoms with van der Waals surface area (Å²) >= 11 is 0. The minimum atomic E-state index is -0.216. The molecule has 1 aliphatic rings. The zero-order chi connectivity index (χ0) is 15.0. The van der Waals surface area contributed by atoms with E-state index in [0.717, 1.165) is 16.7 Å². The molecule has 21 heavy (non-hydrogen) atoms.